The Morgan fingerprint density at radius 2 is 2.40 bits per heavy atom. The van der Waals surface area contributed by atoms with Gasteiger partial charge < -0.3 is 11.1 Å². The van der Waals surface area contributed by atoms with Crippen molar-refractivity contribution in [2.45, 2.75) is 39.3 Å². The van der Waals surface area contributed by atoms with E-state index < -0.39 is 0 Å². The van der Waals surface area contributed by atoms with Crippen LogP contribution in [-0.2, 0) is 4.79 Å². The van der Waals surface area contributed by atoms with Crippen molar-refractivity contribution < 1.29 is 4.79 Å². The highest BCUT2D eigenvalue weighted by atomic mass is 32.2. The van der Waals surface area contributed by atoms with Gasteiger partial charge in [0.15, 0.2) is 5.17 Å². The van der Waals surface area contributed by atoms with Gasteiger partial charge in [0.05, 0.1) is 6.04 Å². The molecule has 0 aromatic carbocycles. The van der Waals surface area contributed by atoms with Crippen molar-refractivity contribution in [3.8, 4) is 0 Å². The zero-order valence-electron chi connectivity index (χ0n) is 9.49. The lowest BCUT2D eigenvalue weighted by molar-refractivity contribution is -0.120. The van der Waals surface area contributed by atoms with Crippen LogP contribution in [0.4, 0.5) is 0 Å². The number of thioether (sulfide) groups is 1. The molecule has 1 heterocycles. The quantitative estimate of drug-likeness (QED) is 0.754. The predicted octanol–water partition coefficient (Wildman–Crippen LogP) is 0.967. The Labute approximate surface area is 95.1 Å². The molecule has 1 amide bonds. The summed E-state index contributed by atoms with van der Waals surface area (Å²) in [6.07, 6.45) is 1.04. The van der Waals surface area contributed by atoms with Crippen LogP contribution in [-0.4, -0.2) is 28.9 Å². The Morgan fingerprint density at radius 1 is 1.73 bits per heavy atom. The molecular weight excluding hydrogens is 210 g/mol. The molecule has 4 nitrogen and oxygen atoms in total. The molecule has 0 saturated carbocycles. The highest BCUT2D eigenvalue weighted by Crippen LogP contribution is 2.19. The van der Waals surface area contributed by atoms with Gasteiger partial charge in [0.2, 0.25) is 5.91 Å². The zero-order valence-corrected chi connectivity index (χ0v) is 10.3. The van der Waals surface area contributed by atoms with Gasteiger partial charge in [-0.05, 0) is 12.3 Å². The van der Waals surface area contributed by atoms with Crippen LogP contribution >= 0.6 is 11.8 Å². The summed E-state index contributed by atoms with van der Waals surface area (Å²) in [6, 6.07) is 0.0741. The van der Waals surface area contributed by atoms with Crippen LogP contribution in [0.1, 0.15) is 27.2 Å². The highest BCUT2D eigenvalue weighted by Gasteiger charge is 2.24. The van der Waals surface area contributed by atoms with Crippen LogP contribution in [0.5, 0.6) is 0 Å². The molecule has 1 aliphatic heterocycles. The average molecular weight is 229 g/mol. The van der Waals surface area contributed by atoms with Crippen molar-refractivity contribution in [1.82, 2.24) is 5.32 Å². The molecule has 86 valence electrons. The fourth-order valence-corrected chi connectivity index (χ4v) is 2.50. The molecule has 0 spiro atoms. The maximum absolute atomic E-state index is 11.2. The van der Waals surface area contributed by atoms with Gasteiger partial charge in [-0.25, -0.2) is 0 Å². The minimum absolute atomic E-state index is 0.187. The summed E-state index contributed by atoms with van der Waals surface area (Å²) < 4.78 is 0. The topological polar surface area (TPSA) is 67.5 Å². The molecule has 3 N–H and O–H groups in total. The molecule has 0 bridgehead atoms. The van der Waals surface area contributed by atoms with Gasteiger partial charge in [-0.1, -0.05) is 32.5 Å². The monoisotopic (exact) mass is 229 g/mol. The molecule has 2 unspecified atom stereocenters. The average Bonchev–Trinajstić information content (AvgIpc) is 2.60. The first-order valence-corrected chi connectivity index (χ1v) is 6.29. The van der Waals surface area contributed by atoms with Crippen LogP contribution in [0.25, 0.3) is 0 Å². The normalized spacial score (nSPS) is 22.7. The van der Waals surface area contributed by atoms with Crippen LogP contribution in [0.3, 0.4) is 0 Å². The highest BCUT2D eigenvalue weighted by molar-refractivity contribution is 8.14. The number of carbonyl (C=O) groups excluding carboxylic acids is 1. The molecule has 0 radical (unpaired) electrons. The molecular formula is C10H19N3OS. The van der Waals surface area contributed by atoms with Gasteiger partial charge in [0.1, 0.15) is 6.04 Å². The van der Waals surface area contributed by atoms with E-state index in [0.29, 0.717) is 6.04 Å². The summed E-state index contributed by atoms with van der Waals surface area (Å²) in [6.45, 7) is 6.06. The molecule has 5 heteroatoms. The van der Waals surface area contributed by atoms with Crippen molar-refractivity contribution in [3.63, 3.8) is 0 Å². The number of nitrogens with zero attached hydrogens (tertiary/aromatic N) is 1. The van der Waals surface area contributed by atoms with E-state index in [9.17, 15) is 4.79 Å². The van der Waals surface area contributed by atoms with E-state index in [0.717, 1.165) is 17.3 Å². The summed E-state index contributed by atoms with van der Waals surface area (Å²) in [7, 11) is 0. The number of aliphatic imine (C=N–C) groups is 1. The number of nitrogens with two attached hydrogens (primary N) is 1. The van der Waals surface area contributed by atoms with Gasteiger partial charge in [-0.15, -0.1) is 0 Å². The summed E-state index contributed by atoms with van der Waals surface area (Å²) >= 11 is 1.67. The van der Waals surface area contributed by atoms with E-state index in [1.807, 2.05) is 13.8 Å². The fourth-order valence-electron chi connectivity index (χ4n) is 1.40. The molecule has 2 atom stereocenters. The molecule has 0 aromatic heterocycles. The SMILES string of the molecule is CCC1CSC(NC(C(N)=O)C(C)C)=N1. The molecule has 0 aromatic rings. The van der Waals surface area contributed by atoms with Gasteiger partial charge in [-0.3, -0.25) is 9.79 Å². The summed E-state index contributed by atoms with van der Waals surface area (Å²) in [5, 5.41) is 3.98. The van der Waals surface area contributed by atoms with Crippen molar-refractivity contribution in [1.29, 1.82) is 0 Å². The van der Waals surface area contributed by atoms with E-state index in [2.05, 4.69) is 17.2 Å². The molecule has 1 rings (SSSR count). The second-order valence-electron chi connectivity index (χ2n) is 4.08. The van der Waals surface area contributed by atoms with E-state index in [1.165, 1.54) is 0 Å². The maximum atomic E-state index is 11.2. The first-order chi connectivity index (χ1) is 7.04. The molecule has 1 aliphatic rings. The summed E-state index contributed by atoms with van der Waals surface area (Å²) in [5.41, 5.74) is 5.32. The standard InChI is InChI=1S/C10H19N3OS/c1-4-7-5-15-10(12-7)13-8(6(2)3)9(11)14/h6-8H,4-5H2,1-3H3,(H2,11,14)(H,12,13). The van der Waals surface area contributed by atoms with Crippen molar-refractivity contribution >= 4 is 22.8 Å². The van der Waals surface area contributed by atoms with Crippen LogP contribution < -0.4 is 11.1 Å². The van der Waals surface area contributed by atoms with Gasteiger partial charge in [0, 0.05) is 5.75 Å². The lowest BCUT2D eigenvalue weighted by Crippen LogP contribution is -2.46. The molecule has 0 aliphatic carbocycles. The predicted molar refractivity (Wildman–Crippen MR) is 64.9 cm³/mol. The zero-order chi connectivity index (χ0) is 11.4. The number of hydrogen-bond acceptors (Lipinski definition) is 4. The number of primary amides is 1. The lowest BCUT2D eigenvalue weighted by atomic mass is 10.0. The van der Waals surface area contributed by atoms with Crippen LogP contribution in [0, 0.1) is 5.92 Å². The van der Waals surface area contributed by atoms with Gasteiger partial charge in [-0.2, -0.15) is 0 Å². The third-order valence-corrected chi connectivity index (χ3v) is 3.48. The maximum Gasteiger partial charge on any atom is 0.240 e. The first kappa shape index (κ1) is 12.4. The van der Waals surface area contributed by atoms with Crippen molar-refractivity contribution in [2.75, 3.05) is 5.75 Å². The number of amides is 1. The van der Waals surface area contributed by atoms with Crippen molar-refractivity contribution in [3.05, 3.63) is 0 Å². The number of nitrogens with one attached hydrogen (secondary N) is 1. The van der Waals surface area contributed by atoms with Crippen LogP contribution in [0.2, 0.25) is 0 Å². The first-order valence-electron chi connectivity index (χ1n) is 5.31. The van der Waals surface area contributed by atoms with Gasteiger partial charge in [0.25, 0.3) is 0 Å². The van der Waals surface area contributed by atoms with E-state index in [4.69, 9.17) is 5.73 Å². The largest absolute Gasteiger partial charge is 0.368 e. The number of hydrogen-bond donors (Lipinski definition) is 2. The Bertz CT molecular complexity index is 265. The molecule has 15 heavy (non-hydrogen) atoms. The van der Waals surface area contributed by atoms with E-state index >= 15 is 0 Å². The Morgan fingerprint density at radius 3 is 2.80 bits per heavy atom. The second-order valence-corrected chi connectivity index (χ2v) is 5.08. The number of amidine groups is 1. The molecule has 0 fully saturated rings. The Hall–Kier alpha value is -0.710. The fraction of sp³-hybridized carbons (Fsp3) is 0.800. The number of carbonyl (C=O) groups is 1. The minimum Gasteiger partial charge on any atom is -0.368 e. The summed E-state index contributed by atoms with van der Waals surface area (Å²) in [4.78, 5) is 15.6. The minimum atomic E-state index is -0.313. The smallest absolute Gasteiger partial charge is 0.240 e. The van der Waals surface area contributed by atoms with E-state index in [-0.39, 0.29) is 17.9 Å². The Balaban J connectivity index is 2.56. The van der Waals surface area contributed by atoms with Gasteiger partial charge >= 0.3 is 0 Å². The van der Waals surface area contributed by atoms with Crippen molar-refractivity contribution in [2.24, 2.45) is 16.6 Å². The number of rotatable bonds is 4. The Kier molecular flexibility index (Phi) is 4.45. The third-order valence-electron chi connectivity index (χ3n) is 2.44. The van der Waals surface area contributed by atoms with E-state index in [1.54, 1.807) is 11.8 Å². The molecule has 0 saturated heterocycles. The van der Waals surface area contributed by atoms with Crippen LogP contribution in [0.15, 0.2) is 4.99 Å². The third kappa shape index (κ3) is 3.41. The second kappa shape index (κ2) is 5.39. The summed E-state index contributed by atoms with van der Waals surface area (Å²) in [5.74, 6) is 0.877. The lowest BCUT2D eigenvalue weighted by Gasteiger charge is -2.19.